The molecule has 3 N–H and O–H groups in total. The second kappa shape index (κ2) is 12.8. The maximum Gasteiger partial charge on any atom is 0.239 e. The van der Waals surface area contributed by atoms with Gasteiger partial charge >= 0.3 is 0 Å². The first kappa shape index (κ1) is 25.4. The van der Waals surface area contributed by atoms with Crippen LogP contribution in [0, 0.1) is 0 Å². The van der Waals surface area contributed by atoms with Gasteiger partial charge in [0.15, 0.2) is 5.96 Å². The minimum absolute atomic E-state index is 0. The number of ether oxygens (including phenoxy) is 1. The summed E-state index contributed by atoms with van der Waals surface area (Å²) in [5.74, 6) is 1.19. The molecule has 10 heteroatoms. The van der Waals surface area contributed by atoms with E-state index in [1.807, 2.05) is 38.2 Å². The van der Waals surface area contributed by atoms with Crippen LogP contribution in [0.5, 0.6) is 5.75 Å². The van der Waals surface area contributed by atoms with Gasteiger partial charge in [-0.25, -0.2) is 4.99 Å². The van der Waals surface area contributed by atoms with Gasteiger partial charge in [-0.15, -0.1) is 24.0 Å². The van der Waals surface area contributed by atoms with Crippen LogP contribution >= 0.6 is 47.2 Å². The highest BCUT2D eigenvalue weighted by molar-refractivity contribution is 14.0. The molecule has 0 aliphatic rings. The summed E-state index contributed by atoms with van der Waals surface area (Å²) >= 11 is 12.1. The molecule has 0 radical (unpaired) electrons. The quantitative estimate of drug-likeness (QED) is 0.266. The molecule has 0 aliphatic carbocycles. The lowest BCUT2D eigenvalue weighted by Crippen LogP contribution is -2.43. The second-order valence-electron chi connectivity index (χ2n) is 6.01. The summed E-state index contributed by atoms with van der Waals surface area (Å²) in [6, 6.07) is 9.32. The summed E-state index contributed by atoms with van der Waals surface area (Å²) in [5, 5.41) is 9.95. The zero-order valence-corrected chi connectivity index (χ0v) is 20.4. The van der Waals surface area contributed by atoms with E-state index in [-0.39, 0.29) is 36.4 Å². The first-order valence-corrected chi connectivity index (χ1v) is 9.61. The maximum absolute atomic E-state index is 12.1. The average molecular weight is 554 g/mol. The van der Waals surface area contributed by atoms with Crippen LogP contribution in [0.15, 0.2) is 35.3 Å². The Morgan fingerprint density at radius 1 is 1.17 bits per heavy atom. The Hall–Kier alpha value is -1.65. The Morgan fingerprint density at radius 2 is 1.86 bits per heavy atom. The van der Waals surface area contributed by atoms with Gasteiger partial charge < -0.3 is 25.3 Å². The fraction of sp³-hybridized carbons (Fsp3) is 0.368. The molecule has 0 saturated carbocycles. The Labute approximate surface area is 198 Å². The van der Waals surface area contributed by atoms with Crippen LogP contribution in [0.25, 0.3) is 0 Å². The van der Waals surface area contributed by atoms with E-state index in [4.69, 9.17) is 27.9 Å². The highest BCUT2D eigenvalue weighted by atomic mass is 127. The van der Waals surface area contributed by atoms with Crippen LogP contribution in [0.2, 0.25) is 10.2 Å². The van der Waals surface area contributed by atoms with Gasteiger partial charge in [-0.1, -0.05) is 35.3 Å². The van der Waals surface area contributed by atoms with E-state index in [1.54, 1.807) is 17.7 Å². The van der Waals surface area contributed by atoms with Crippen molar-refractivity contribution in [2.24, 2.45) is 12.0 Å². The van der Waals surface area contributed by atoms with E-state index in [0.29, 0.717) is 35.8 Å². The highest BCUT2D eigenvalue weighted by Gasteiger charge is 2.09. The normalized spacial score (nSPS) is 10.9. The monoisotopic (exact) mass is 553 g/mol. The van der Waals surface area contributed by atoms with E-state index >= 15 is 0 Å². The van der Waals surface area contributed by atoms with Crippen LogP contribution in [0.3, 0.4) is 0 Å². The number of carbonyl (C=O) groups is 1. The number of aromatic nitrogens is 1. The molecular weight excluding hydrogens is 528 g/mol. The van der Waals surface area contributed by atoms with E-state index in [9.17, 15) is 4.79 Å². The first-order chi connectivity index (χ1) is 13.4. The molecule has 7 nitrogen and oxygen atoms in total. The molecule has 0 unspecified atom stereocenters. The fourth-order valence-electron chi connectivity index (χ4n) is 2.41. The first-order valence-electron chi connectivity index (χ1n) is 8.86. The molecule has 1 aromatic heterocycles. The van der Waals surface area contributed by atoms with E-state index in [0.717, 1.165) is 17.0 Å². The predicted molar refractivity (Wildman–Crippen MR) is 129 cm³/mol. The minimum atomic E-state index is -0.133. The third kappa shape index (κ3) is 7.94. The number of hydrogen-bond donors (Lipinski definition) is 3. The molecule has 0 fully saturated rings. The van der Waals surface area contributed by atoms with Gasteiger partial charge in [0.2, 0.25) is 5.91 Å². The van der Waals surface area contributed by atoms with Gasteiger partial charge in [0, 0.05) is 25.8 Å². The van der Waals surface area contributed by atoms with Crippen molar-refractivity contribution in [2.75, 3.05) is 20.2 Å². The standard InChI is InChI=1S/C19H25Cl2N5O2.HI/c1-4-22-19(24-11-14-9-16(20)18(21)26(14)2)25-12-17(27)23-10-13-5-7-15(28-3)8-6-13;/h5-9H,4,10-12H2,1-3H3,(H,23,27)(H2,22,24,25);1H. The van der Waals surface area contributed by atoms with Crippen LogP contribution in [-0.4, -0.2) is 36.6 Å². The SMILES string of the molecule is CCNC(=NCc1cc(Cl)c(Cl)n1C)NCC(=O)NCc1ccc(OC)cc1.I. The topological polar surface area (TPSA) is 79.7 Å². The van der Waals surface area contributed by atoms with Crippen molar-refractivity contribution in [3.8, 4) is 5.75 Å². The third-order valence-corrected chi connectivity index (χ3v) is 4.87. The van der Waals surface area contributed by atoms with E-state index in [2.05, 4.69) is 20.9 Å². The molecule has 160 valence electrons. The molecule has 0 spiro atoms. The van der Waals surface area contributed by atoms with Crippen molar-refractivity contribution in [2.45, 2.75) is 20.0 Å². The molecule has 29 heavy (non-hydrogen) atoms. The number of amides is 1. The zero-order chi connectivity index (χ0) is 20.5. The van der Waals surface area contributed by atoms with Gasteiger partial charge in [0.05, 0.1) is 25.2 Å². The predicted octanol–water partition coefficient (Wildman–Crippen LogP) is 3.33. The number of nitrogens with zero attached hydrogens (tertiary/aromatic N) is 2. The number of carbonyl (C=O) groups excluding carboxylic acids is 1. The highest BCUT2D eigenvalue weighted by Crippen LogP contribution is 2.25. The van der Waals surface area contributed by atoms with Crippen molar-refractivity contribution < 1.29 is 9.53 Å². The van der Waals surface area contributed by atoms with Crippen LogP contribution in [0.4, 0.5) is 0 Å². The van der Waals surface area contributed by atoms with E-state index in [1.165, 1.54) is 0 Å². The molecule has 0 atom stereocenters. The minimum Gasteiger partial charge on any atom is -0.497 e. The third-order valence-electron chi connectivity index (χ3n) is 4.02. The summed E-state index contributed by atoms with van der Waals surface area (Å²) in [4.78, 5) is 16.6. The summed E-state index contributed by atoms with van der Waals surface area (Å²) in [5.41, 5.74) is 1.86. The van der Waals surface area contributed by atoms with Crippen molar-refractivity contribution in [3.63, 3.8) is 0 Å². The number of benzene rings is 1. The maximum atomic E-state index is 12.1. The molecule has 1 aromatic carbocycles. The van der Waals surface area contributed by atoms with Crippen LogP contribution < -0.4 is 20.7 Å². The second-order valence-corrected chi connectivity index (χ2v) is 6.77. The number of aliphatic imine (C=N–C) groups is 1. The lowest BCUT2D eigenvalue weighted by atomic mass is 10.2. The smallest absolute Gasteiger partial charge is 0.239 e. The molecule has 0 aliphatic heterocycles. The van der Waals surface area contributed by atoms with Crippen LogP contribution in [-0.2, 0) is 24.9 Å². The van der Waals surface area contributed by atoms with Gasteiger partial charge in [-0.05, 0) is 30.7 Å². The fourth-order valence-corrected chi connectivity index (χ4v) is 2.83. The molecule has 1 amide bonds. The lowest BCUT2D eigenvalue weighted by Gasteiger charge is -2.12. The number of hydrogen-bond acceptors (Lipinski definition) is 3. The number of methoxy groups -OCH3 is 1. The zero-order valence-electron chi connectivity index (χ0n) is 16.6. The number of nitrogens with one attached hydrogen (secondary N) is 3. The summed E-state index contributed by atoms with van der Waals surface area (Å²) in [6.45, 7) is 3.56. The van der Waals surface area contributed by atoms with E-state index < -0.39 is 0 Å². The Balaban J connectivity index is 0.00000420. The lowest BCUT2D eigenvalue weighted by molar-refractivity contribution is -0.120. The summed E-state index contributed by atoms with van der Waals surface area (Å²) in [6.07, 6.45) is 0. The molecule has 1 heterocycles. The van der Waals surface area contributed by atoms with Gasteiger partial charge in [-0.2, -0.15) is 0 Å². The Kier molecular flexibility index (Phi) is 11.2. The van der Waals surface area contributed by atoms with Gasteiger partial charge in [-0.3, -0.25) is 4.79 Å². The molecule has 2 rings (SSSR count). The van der Waals surface area contributed by atoms with Gasteiger partial charge in [0.1, 0.15) is 10.9 Å². The van der Waals surface area contributed by atoms with Crippen molar-refractivity contribution in [1.82, 2.24) is 20.5 Å². The molecular formula is C19H26Cl2IN5O2. The van der Waals surface area contributed by atoms with Crippen LogP contribution in [0.1, 0.15) is 18.2 Å². The molecule has 2 aromatic rings. The van der Waals surface area contributed by atoms with Crippen molar-refractivity contribution in [3.05, 3.63) is 51.8 Å². The van der Waals surface area contributed by atoms with Crippen molar-refractivity contribution >= 4 is 59.0 Å². The summed E-state index contributed by atoms with van der Waals surface area (Å²) < 4.78 is 6.90. The number of guanidine groups is 1. The molecule has 0 saturated heterocycles. The van der Waals surface area contributed by atoms with Crippen molar-refractivity contribution in [1.29, 1.82) is 0 Å². The van der Waals surface area contributed by atoms with Gasteiger partial charge in [0.25, 0.3) is 0 Å². The molecule has 0 bridgehead atoms. The average Bonchev–Trinajstić information content (AvgIpc) is 2.95. The number of halogens is 3. The number of rotatable bonds is 8. The largest absolute Gasteiger partial charge is 0.497 e. The Morgan fingerprint density at radius 3 is 2.41 bits per heavy atom. The Bertz CT molecular complexity index is 825. The summed E-state index contributed by atoms with van der Waals surface area (Å²) in [7, 11) is 3.44.